The van der Waals surface area contributed by atoms with Gasteiger partial charge in [0.25, 0.3) is 0 Å². The number of amides is 2. The van der Waals surface area contributed by atoms with Crippen LogP contribution in [0.25, 0.3) is 0 Å². The Balaban J connectivity index is 1.07. The molecule has 4 saturated carbocycles. The number of aliphatic hydroxyl groups is 1. The molecule has 8 rings (SSSR count). The van der Waals surface area contributed by atoms with Crippen molar-refractivity contribution in [3.8, 4) is 11.8 Å². The summed E-state index contributed by atoms with van der Waals surface area (Å²) in [7, 11) is 0. The Kier molecular flexibility index (Phi) is 5.81. The standard InChI is InChI=1S/C29H30BrN5O3/c30-21-16-31-27(32-17-21)38-23-7-5-22(6-8-23)34-9-10-35(25-4-2-1-3-24(25)34)28(36)33-26-19-11-18-12-20(26)15-29(37,13-18)14-19/h1-8,16-20,26,37H,9-15H2,(H,33,36)/t18?,19-,20+,26?,29?. The van der Waals surface area contributed by atoms with Gasteiger partial charge in [-0.2, -0.15) is 0 Å². The van der Waals surface area contributed by atoms with Crippen LogP contribution in [0.2, 0.25) is 0 Å². The quantitative estimate of drug-likeness (QED) is 0.418. The highest BCUT2D eigenvalue weighted by Gasteiger charge is 2.55. The van der Waals surface area contributed by atoms with Gasteiger partial charge in [-0.25, -0.2) is 14.8 Å². The van der Waals surface area contributed by atoms with Crippen LogP contribution in [0.4, 0.5) is 21.9 Å². The zero-order valence-corrected chi connectivity index (χ0v) is 22.5. The smallest absolute Gasteiger partial charge is 0.322 e. The van der Waals surface area contributed by atoms with E-state index in [9.17, 15) is 9.90 Å². The minimum absolute atomic E-state index is 0.0280. The number of ether oxygens (including phenoxy) is 1. The van der Waals surface area contributed by atoms with Gasteiger partial charge in [-0.1, -0.05) is 12.1 Å². The van der Waals surface area contributed by atoms with E-state index in [0.717, 1.165) is 53.6 Å². The lowest BCUT2D eigenvalue weighted by molar-refractivity contribution is -0.136. The van der Waals surface area contributed by atoms with Crippen molar-refractivity contribution in [2.75, 3.05) is 22.9 Å². The summed E-state index contributed by atoms with van der Waals surface area (Å²) in [4.78, 5) is 26.1. The van der Waals surface area contributed by atoms with Gasteiger partial charge in [0.05, 0.1) is 21.4 Å². The van der Waals surface area contributed by atoms with E-state index in [0.29, 0.717) is 42.6 Å². The Morgan fingerprint density at radius 1 is 0.974 bits per heavy atom. The number of hydrogen-bond acceptors (Lipinski definition) is 6. The topological polar surface area (TPSA) is 90.8 Å². The van der Waals surface area contributed by atoms with E-state index < -0.39 is 5.60 Å². The van der Waals surface area contributed by atoms with Gasteiger partial charge in [0.1, 0.15) is 5.75 Å². The molecule has 5 aliphatic rings. The van der Waals surface area contributed by atoms with E-state index in [1.165, 1.54) is 0 Å². The summed E-state index contributed by atoms with van der Waals surface area (Å²) >= 11 is 3.33. The number of urea groups is 1. The van der Waals surface area contributed by atoms with E-state index in [-0.39, 0.29) is 12.1 Å². The Morgan fingerprint density at radius 3 is 2.34 bits per heavy atom. The monoisotopic (exact) mass is 575 g/mol. The predicted octanol–water partition coefficient (Wildman–Crippen LogP) is 5.64. The van der Waals surface area contributed by atoms with Crippen LogP contribution in [-0.4, -0.2) is 45.8 Å². The number of nitrogens with one attached hydrogen (secondary N) is 1. The molecule has 2 heterocycles. The Morgan fingerprint density at radius 2 is 1.66 bits per heavy atom. The highest BCUT2D eigenvalue weighted by atomic mass is 79.9. The molecule has 38 heavy (non-hydrogen) atoms. The predicted molar refractivity (Wildman–Crippen MR) is 148 cm³/mol. The number of rotatable bonds is 4. The molecule has 1 aromatic heterocycles. The largest absolute Gasteiger partial charge is 0.424 e. The van der Waals surface area contributed by atoms with E-state index in [1.807, 2.05) is 47.4 Å². The van der Waals surface area contributed by atoms with Gasteiger partial charge >= 0.3 is 12.0 Å². The van der Waals surface area contributed by atoms with Gasteiger partial charge in [-0.3, -0.25) is 4.90 Å². The fourth-order valence-corrected chi connectivity index (χ4v) is 7.64. The van der Waals surface area contributed by atoms with Gasteiger partial charge in [-0.15, -0.1) is 0 Å². The van der Waals surface area contributed by atoms with Crippen LogP contribution < -0.4 is 19.9 Å². The summed E-state index contributed by atoms with van der Waals surface area (Å²) in [6.45, 7) is 1.27. The maximum atomic E-state index is 13.6. The molecular formula is C29H30BrN5O3. The Bertz CT molecular complexity index is 1340. The SMILES string of the molecule is O=C(NC1[C@@H]2CC3C[C@H]1CC(O)(C3)C2)N1CCN(c2ccc(Oc3ncc(Br)cn3)cc2)c2ccccc21. The second kappa shape index (κ2) is 9.24. The number of carbonyl (C=O) groups excluding carboxylic acids is 1. The van der Waals surface area contributed by atoms with Crippen molar-refractivity contribution < 1.29 is 14.6 Å². The summed E-state index contributed by atoms with van der Waals surface area (Å²) in [5.41, 5.74) is 2.43. The third-order valence-electron chi connectivity index (χ3n) is 8.74. The van der Waals surface area contributed by atoms with Crippen LogP contribution in [0.15, 0.2) is 65.4 Å². The second-order valence-electron chi connectivity index (χ2n) is 11.2. The summed E-state index contributed by atoms with van der Waals surface area (Å²) in [6, 6.07) is 16.3. The highest BCUT2D eigenvalue weighted by Crippen LogP contribution is 2.55. The molecule has 5 atom stereocenters. The van der Waals surface area contributed by atoms with Crippen molar-refractivity contribution >= 4 is 39.0 Å². The summed E-state index contributed by atoms with van der Waals surface area (Å²) in [5.74, 6) is 2.04. The average Bonchev–Trinajstić information content (AvgIpc) is 2.91. The molecule has 1 aliphatic heterocycles. The van der Waals surface area contributed by atoms with Gasteiger partial charge in [-0.05, 0) is 102 Å². The van der Waals surface area contributed by atoms with Crippen molar-refractivity contribution in [3.05, 3.63) is 65.4 Å². The average molecular weight is 576 g/mol. The lowest BCUT2D eigenvalue weighted by Gasteiger charge is -2.58. The molecule has 4 aliphatic carbocycles. The summed E-state index contributed by atoms with van der Waals surface area (Å²) in [6.07, 6.45) is 8.14. The number of benzene rings is 2. The molecule has 2 N–H and O–H groups in total. The molecule has 0 saturated heterocycles. The molecule has 8 nitrogen and oxygen atoms in total. The summed E-state index contributed by atoms with van der Waals surface area (Å²) in [5, 5.41) is 14.3. The second-order valence-corrected chi connectivity index (χ2v) is 12.2. The van der Waals surface area contributed by atoms with Gasteiger partial charge in [0, 0.05) is 37.2 Å². The molecule has 0 spiro atoms. The molecule has 2 amide bonds. The van der Waals surface area contributed by atoms with E-state index in [2.05, 4.69) is 42.2 Å². The molecule has 3 unspecified atom stereocenters. The van der Waals surface area contributed by atoms with Crippen LogP contribution >= 0.6 is 15.9 Å². The maximum Gasteiger partial charge on any atom is 0.322 e. The molecule has 196 valence electrons. The Hall–Kier alpha value is -3.17. The van der Waals surface area contributed by atoms with Crippen LogP contribution in [-0.2, 0) is 0 Å². The van der Waals surface area contributed by atoms with Crippen molar-refractivity contribution in [2.45, 2.75) is 43.7 Å². The van der Waals surface area contributed by atoms with Gasteiger partial charge in [0.2, 0.25) is 0 Å². The number of nitrogens with zero attached hydrogens (tertiary/aromatic N) is 4. The number of fused-ring (bicyclic) bond motifs is 1. The molecule has 2 aromatic carbocycles. The first-order valence-corrected chi connectivity index (χ1v) is 14.2. The highest BCUT2D eigenvalue weighted by molar-refractivity contribution is 9.10. The number of anilines is 3. The van der Waals surface area contributed by atoms with E-state index in [1.54, 1.807) is 12.4 Å². The molecule has 4 fully saturated rings. The lowest BCUT2D eigenvalue weighted by atomic mass is 9.52. The number of hydrogen-bond donors (Lipinski definition) is 2. The van der Waals surface area contributed by atoms with Crippen LogP contribution in [0, 0.1) is 17.8 Å². The maximum absolute atomic E-state index is 13.6. The lowest BCUT2D eigenvalue weighted by Crippen LogP contribution is -2.63. The van der Waals surface area contributed by atoms with Crippen molar-refractivity contribution in [1.82, 2.24) is 15.3 Å². The first-order chi connectivity index (χ1) is 18.4. The zero-order chi connectivity index (χ0) is 25.9. The van der Waals surface area contributed by atoms with Gasteiger partial charge in [0.15, 0.2) is 0 Å². The number of para-hydroxylation sites is 2. The third kappa shape index (κ3) is 4.31. The minimum Gasteiger partial charge on any atom is -0.424 e. The minimum atomic E-state index is -0.498. The molecule has 9 heteroatoms. The fourth-order valence-electron chi connectivity index (χ4n) is 7.43. The first kappa shape index (κ1) is 23.9. The molecule has 4 bridgehead atoms. The Labute approximate surface area is 230 Å². The molecule has 3 aromatic rings. The molecule has 0 radical (unpaired) electrons. The number of carbonyl (C=O) groups is 1. The zero-order valence-electron chi connectivity index (χ0n) is 21.0. The third-order valence-corrected chi connectivity index (χ3v) is 9.15. The van der Waals surface area contributed by atoms with Crippen LogP contribution in [0.5, 0.6) is 11.8 Å². The number of aromatic nitrogens is 2. The van der Waals surface area contributed by atoms with Crippen molar-refractivity contribution in [1.29, 1.82) is 0 Å². The normalized spacial score (nSPS) is 29.2. The van der Waals surface area contributed by atoms with Crippen LogP contribution in [0.3, 0.4) is 0 Å². The van der Waals surface area contributed by atoms with Gasteiger partial charge < -0.3 is 20.1 Å². The van der Waals surface area contributed by atoms with Crippen molar-refractivity contribution in [2.24, 2.45) is 17.8 Å². The summed E-state index contributed by atoms with van der Waals surface area (Å²) < 4.78 is 6.57. The van der Waals surface area contributed by atoms with Crippen molar-refractivity contribution in [3.63, 3.8) is 0 Å². The van der Waals surface area contributed by atoms with E-state index in [4.69, 9.17) is 4.74 Å². The first-order valence-electron chi connectivity index (χ1n) is 13.4. The fraction of sp³-hybridized carbons (Fsp3) is 0.414. The number of halogens is 1. The van der Waals surface area contributed by atoms with Crippen LogP contribution in [0.1, 0.15) is 32.1 Å². The van der Waals surface area contributed by atoms with E-state index >= 15 is 0 Å². The molecular weight excluding hydrogens is 546 g/mol.